The first-order valence-corrected chi connectivity index (χ1v) is 7.52. The quantitative estimate of drug-likeness (QED) is 0.722. The van der Waals surface area contributed by atoms with Gasteiger partial charge < -0.3 is 14.9 Å². The lowest BCUT2D eigenvalue weighted by atomic mass is 9.80. The molecule has 0 saturated heterocycles. The Morgan fingerprint density at radius 2 is 2.00 bits per heavy atom. The molecule has 124 valence electrons. The van der Waals surface area contributed by atoms with E-state index in [4.69, 9.17) is 9.84 Å². The highest BCUT2D eigenvalue weighted by molar-refractivity contribution is 5.84. The van der Waals surface area contributed by atoms with Crippen LogP contribution in [-0.4, -0.2) is 27.9 Å². The van der Waals surface area contributed by atoms with Crippen molar-refractivity contribution in [2.75, 3.05) is 5.32 Å². The van der Waals surface area contributed by atoms with E-state index in [2.05, 4.69) is 5.32 Å². The number of anilines is 1. The van der Waals surface area contributed by atoms with Crippen molar-refractivity contribution in [1.82, 2.24) is 0 Å². The second-order valence-electron chi connectivity index (χ2n) is 6.08. The van der Waals surface area contributed by atoms with E-state index in [-0.39, 0.29) is 11.7 Å². The zero-order chi connectivity index (χ0) is 17.0. The van der Waals surface area contributed by atoms with Crippen LogP contribution in [0.5, 0.6) is 0 Å². The number of benzene rings is 1. The van der Waals surface area contributed by atoms with Crippen molar-refractivity contribution in [2.45, 2.75) is 38.7 Å². The Hall–Kier alpha value is -2.50. The maximum absolute atomic E-state index is 11.6. The van der Waals surface area contributed by atoms with E-state index in [9.17, 15) is 14.7 Å². The number of carbonyl (C=O) groups is 2. The lowest BCUT2D eigenvalue weighted by molar-refractivity contribution is -0.163. The number of cyclic esters (lactones) is 1. The van der Waals surface area contributed by atoms with E-state index >= 15 is 0 Å². The van der Waals surface area contributed by atoms with E-state index in [0.717, 1.165) is 11.6 Å². The molecule has 0 aromatic heterocycles. The summed E-state index contributed by atoms with van der Waals surface area (Å²) in [6.45, 7) is 3.93. The highest BCUT2D eigenvalue weighted by Crippen LogP contribution is 2.36. The van der Waals surface area contributed by atoms with Crippen molar-refractivity contribution in [3.63, 3.8) is 0 Å². The molecule has 23 heavy (non-hydrogen) atoms. The van der Waals surface area contributed by atoms with Crippen LogP contribution in [0, 0.1) is 5.92 Å². The lowest BCUT2D eigenvalue weighted by Crippen LogP contribution is -2.43. The predicted molar refractivity (Wildman–Crippen MR) is 85.4 cm³/mol. The van der Waals surface area contributed by atoms with E-state index in [1.54, 1.807) is 12.1 Å². The molecular formula is C17H21NO5. The molecule has 1 heterocycles. The van der Waals surface area contributed by atoms with Crippen LogP contribution >= 0.6 is 0 Å². The Balaban J connectivity index is 2.06. The lowest BCUT2D eigenvalue weighted by Gasteiger charge is -2.39. The van der Waals surface area contributed by atoms with Gasteiger partial charge in [-0.1, -0.05) is 26.0 Å². The number of ether oxygens (including phenoxy) is 1. The first kappa shape index (κ1) is 16.9. The molecule has 2 rings (SSSR count). The van der Waals surface area contributed by atoms with E-state index < -0.39 is 17.7 Å². The fourth-order valence-corrected chi connectivity index (χ4v) is 2.74. The zero-order valence-electron chi connectivity index (χ0n) is 13.2. The first-order valence-electron chi connectivity index (χ1n) is 7.52. The number of esters is 1. The Morgan fingerprint density at radius 1 is 1.35 bits per heavy atom. The summed E-state index contributed by atoms with van der Waals surface area (Å²) in [5.74, 6) is -0.394. The number of rotatable bonds is 5. The minimum atomic E-state index is -1.10. The molecule has 1 aliphatic heterocycles. The second kappa shape index (κ2) is 6.73. The van der Waals surface area contributed by atoms with Crippen LogP contribution < -0.4 is 5.32 Å². The van der Waals surface area contributed by atoms with Gasteiger partial charge in [-0.25, -0.2) is 9.59 Å². The zero-order valence-corrected chi connectivity index (χ0v) is 13.2. The van der Waals surface area contributed by atoms with Crippen molar-refractivity contribution in [3.8, 4) is 0 Å². The van der Waals surface area contributed by atoms with Crippen molar-refractivity contribution in [2.24, 2.45) is 5.92 Å². The summed E-state index contributed by atoms with van der Waals surface area (Å²) in [5, 5.41) is 20.7. The first-order chi connectivity index (χ1) is 10.8. The summed E-state index contributed by atoms with van der Waals surface area (Å²) in [7, 11) is 0. The molecule has 0 fully saturated rings. The standard InChI is InChI=1S/C17H21NO5/c1-11(2)17(10-14(19)9-15(20)23-17)8-7-12-3-5-13(6-4-12)18-16(21)22/h3-6,9,11,18-19H,7-8,10H2,1-2H3,(H,21,22). The number of amides is 1. The van der Waals surface area contributed by atoms with Crippen molar-refractivity contribution in [3.05, 3.63) is 41.7 Å². The molecule has 6 nitrogen and oxygen atoms in total. The van der Waals surface area contributed by atoms with Crippen LogP contribution in [0.3, 0.4) is 0 Å². The molecule has 1 aliphatic rings. The Kier molecular flexibility index (Phi) is 4.93. The van der Waals surface area contributed by atoms with Gasteiger partial charge in [0.15, 0.2) is 0 Å². The predicted octanol–water partition coefficient (Wildman–Crippen LogP) is 3.49. The maximum Gasteiger partial charge on any atom is 0.409 e. The number of aliphatic hydroxyl groups is 1. The largest absolute Gasteiger partial charge is 0.512 e. The summed E-state index contributed by atoms with van der Waals surface area (Å²) in [4.78, 5) is 22.2. The Bertz CT molecular complexity index is 620. The van der Waals surface area contributed by atoms with Gasteiger partial charge in [-0.2, -0.15) is 0 Å². The summed E-state index contributed by atoms with van der Waals surface area (Å²) in [6, 6.07) is 7.05. The van der Waals surface area contributed by atoms with Crippen LogP contribution in [0.1, 0.15) is 32.3 Å². The normalized spacial score (nSPS) is 20.8. The monoisotopic (exact) mass is 319 g/mol. The van der Waals surface area contributed by atoms with Gasteiger partial charge in [0.1, 0.15) is 11.4 Å². The molecule has 1 aromatic carbocycles. The third-order valence-electron chi connectivity index (χ3n) is 4.16. The molecule has 1 amide bonds. The van der Waals surface area contributed by atoms with Gasteiger partial charge in [-0.3, -0.25) is 5.32 Å². The second-order valence-corrected chi connectivity index (χ2v) is 6.08. The summed E-state index contributed by atoms with van der Waals surface area (Å²) < 4.78 is 5.54. The van der Waals surface area contributed by atoms with Crippen LogP contribution in [0.15, 0.2) is 36.1 Å². The number of hydrogen-bond donors (Lipinski definition) is 3. The van der Waals surface area contributed by atoms with Gasteiger partial charge in [0.05, 0.1) is 6.08 Å². The topological polar surface area (TPSA) is 95.9 Å². The molecular weight excluding hydrogens is 298 g/mol. The van der Waals surface area contributed by atoms with Gasteiger partial charge in [0, 0.05) is 12.1 Å². The number of nitrogens with one attached hydrogen (secondary N) is 1. The van der Waals surface area contributed by atoms with Crippen LogP contribution in [-0.2, 0) is 16.0 Å². The SMILES string of the molecule is CC(C)C1(CCc2ccc(NC(=O)O)cc2)CC(O)=CC(=O)O1. The molecule has 1 unspecified atom stereocenters. The molecule has 0 bridgehead atoms. The molecule has 6 heteroatoms. The third kappa shape index (κ3) is 4.25. The average molecular weight is 319 g/mol. The van der Waals surface area contributed by atoms with Crippen molar-refractivity contribution < 1.29 is 24.5 Å². The van der Waals surface area contributed by atoms with Gasteiger partial charge in [-0.05, 0) is 36.5 Å². The summed E-state index contributed by atoms with van der Waals surface area (Å²) in [5.41, 5.74) is 0.795. The van der Waals surface area contributed by atoms with E-state index in [1.807, 2.05) is 26.0 Å². The Labute approximate surface area is 134 Å². The fraction of sp³-hybridized carbons (Fsp3) is 0.412. The smallest absolute Gasteiger partial charge is 0.409 e. The Morgan fingerprint density at radius 3 is 2.52 bits per heavy atom. The van der Waals surface area contributed by atoms with Crippen molar-refractivity contribution in [1.29, 1.82) is 0 Å². The fourth-order valence-electron chi connectivity index (χ4n) is 2.74. The molecule has 0 saturated carbocycles. The molecule has 0 spiro atoms. The summed E-state index contributed by atoms with van der Waals surface area (Å²) in [6.07, 6.45) is 1.57. The highest BCUT2D eigenvalue weighted by Gasteiger charge is 2.41. The number of aliphatic hydroxyl groups excluding tert-OH is 1. The molecule has 1 aromatic rings. The molecule has 1 atom stereocenters. The number of hydrogen-bond acceptors (Lipinski definition) is 4. The highest BCUT2D eigenvalue weighted by atomic mass is 16.6. The average Bonchev–Trinajstić information content (AvgIpc) is 2.45. The van der Waals surface area contributed by atoms with Gasteiger partial charge >= 0.3 is 12.1 Å². The minimum Gasteiger partial charge on any atom is -0.512 e. The van der Waals surface area contributed by atoms with Gasteiger partial charge in [-0.15, -0.1) is 0 Å². The number of aryl methyl sites for hydroxylation is 1. The van der Waals surface area contributed by atoms with Crippen LogP contribution in [0.2, 0.25) is 0 Å². The summed E-state index contributed by atoms with van der Waals surface area (Å²) >= 11 is 0. The van der Waals surface area contributed by atoms with Gasteiger partial charge in [0.2, 0.25) is 0 Å². The molecule has 0 aliphatic carbocycles. The minimum absolute atomic E-state index is 0.0518. The van der Waals surface area contributed by atoms with E-state index in [0.29, 0.717) is 24.9 Å². The maximum atomic E-state index is 11.6. The van der Waals surface area contributed by atoms with Crippen LogP contribution in [0.4, 0.5) is 10.5 Å². The van der Waals surface area contributed by atoms with Gasteiger partial charge in [0.25, 0.3) is 0 Å². The van der Waals surface area contributed by atoms with E-state index in [1.165, 1.54) is 0 Å². The number of carboxylic acid groups (broad SMARTS) is 1. The molecule has 3 N–H and O–H groups in total. The number of carbonyl (C=O) groups excluding carboxylic acids is 1. The molecule has 0 radical (unpaired) electrons. The van der Waals surface area contributed by atoms with Crippen LogP contribution in [0.25, 0.3) is 0 Å². The third-order valence-corrected chi connectivity index (χ3v) is 4.16. The van der Waals surface area contributed by atoms with Crippen molar-refractivity contribution >= 4 is 17.7 Å².